The third-order valence-corrected chi connectivity index (χ3v) is 4.49. The summed E-state index contributed by atoms with van der Waals surface area (Å²) >= 11 is 0. The lowest BCUT2D eigenvalue weighted by atomic mass is 10.2. The first-order valence-electron chi connectivity index (χ1n) is 9.42. The van der Waals surface area contributed by atoms with E-state index in [2.05, 4.69) is 27.1 Å². The highest BCUT2D eigenvalue weighted by atomic mass is 16.5. The van der Waals surface area contributed by atoms with Crippen LogP contribution in [-0.2, 0) is 0 Å². The van der Waals surface area contributed by atoms with E-state index >= 15 is 0 Å². The molecule has 1 aliphatic rings. The first kappa shape index (κ1) is 19.1. The molecular weight excluding hydrogens is 342 g/mol. The van der Waals surface area contributed by atoms with E-state index in [0.717, 1.165) is 44.2 Å². The van der Waals surface area contributed by atoms with Gasteiger partial charge in [-0.05, 0) is 44.7 Å². The van der Waals surface area contributed by atoms with Gasteiger partial charge in [0.05, 0.1) is 6.10 Å². The van der Waals surface area contributed by atoms with Gasteiger partial charge in [-0.15, -0.1) is 0 Å². The molecule has 2 heterocycles. The molecule has 27 heavy (non-hydrogen) atoms. The van der Waals surface area contributed by atoms with Crippen molar-refractivity contribution in [3.63, 3.8) is 0 Å². The summed E-state index contributed by atoms with van der Waals surface area (Å²) in [6, 6.07) is 9.36. The molecule has 2 aromatic rings. The Morgan fingerprint density at radius 1 is 1.15 bits per heavy atom. The summed E-state index contributed by atoms with van der Waals surface area (Å²) in [6.45, 7) is 10.4. The minimum atomic E-state index is -0.0446. The van der Waals surface area contributed by atoms with Crippen molar-refractivity contribution in [2.75, 3.05) is 38.0 Å². The second-order valence-electron chi connectivity index (χ2n) is 6.83. The lowest BCUT2D eigenvalue weighted by molar-refractivity contribution is 0.0637. The fourth-order valence-electron chi connectivity index (χ4n) is 3.01. The number of hydrogen-bond acceptors (Lipinski definition) is 6. The number of hydrogen-bond donors (Lipinski definition) is 1. The van der Waals surface area contributed by atoms with Crippen molar-refractivity contribution in [2.24, 2.45) is 0 Å². The maximum Gasteiger partial charge on any atom is 0.272 e. The summed E-state index contributed by atoms with van der Waals surface area (Å²) in [4.78, 5) is 25.3. The number of nitrogens with one attached hydrogen (secondary N) is 1. The normalized spacial score (nSPS) is 15.0. The van der Waals surface area contributed by atoms with Crippen LogP contribution in [0.25, 0.3) is 0 Å². The van der Waals surface area contributed by atoms with Crippen LogP contribution in [0.15, 0.2) is 36.7 Å². The van der Waals surface area contributed by atoms with Crippen LogP contribution in [0.3, 0.4) is 0 Å². The maximum absolute atomic E-state index is 12.7. The van der Waals surface area contributed by atoms with Crippen molar-refractivity contribution in [1.29, 1.82) is 0 Å². The van der Waals surface area contributed by atoms with Crippen LogP contribution in [0.2, 0.25) is 0 Å². The molecule has 7 heteroatoms. The molecule has 1 N–H and O–H groups in total. The Labute approximate surface area is 160 Å². The van der Waals surface area contributed by atoms with Gasteiger partial charge in [-0.2, -0.15) is 0 Å². The smallest absolute Gasteiger partial charge is 0.272 e. The number of rotatable bonds is 6. The number of ether oxygens (including phenoxy) is 1. The number of aromatic nitrogens is 2. The lowest BCUT2D eigenvalue weighted by Crippen LogP contribution is -2.48. The summed E-state index contributed by atoms with van der Waals surface area (Å²) in [5.74, 6) is 1.37. The predicted molar refractivity (Wildman–Crippen MR) is 106 cm³/mol. The number of benzene rings is 1. The number of amides is 1. The molecule has 0 bridgehead atoms. The molecule has 0 radical (unpaired) electrons. The largest absolute Gasteiger partial charge is 0.491 e. The van der Waals surface area contributed by atoms with Crippen molar-refractivity contribution >= 4 is 17.4 Å². The maximum atomic E-state index is 12.7. The Morgan fingerprint density at radius 2 is 1.85 bits per heavy atom. The Bertz CT molecular complexity index is 755. The van der Waals surface area contributed by atoms with Gasteiger partial charge in [-0.3, -0.25) is 4.79 Å². The zero-order chi connectivity index (χ0) is 19.2. The van der Waals surface area contributed by atoms with Gasteiger partial charge >= 0.3 is 0 Å². The van der Waals surface area contributed by atoms with E-state index in [9.17, 15) is 4.79 Å². The van der Waals surface area contributed by atoms with Crippen molar-refractivity contribution in [1.82, 2.24) is 19.8 Å². The van der Waals surface area contributed by atoms with E-state index in [1.54, 1.807) is 6.07 Å². The van der Waals surface area contributed by atoms with Gasteiger partial charge in [0.15, 0.2) is 0 Å². The number of likely N-dealkylation sites (N-methyl/N-ethyl adjacent to an activating group) is 1. The van der Waals surface area contributed by atoms with Crippen molar-refractivity contribution in [3.8, 4) is 5.75 Å². The fraction of sp³-hybridized carbons (Fsp3) is 0.450. The van der Waals surface area contributed by atoms with Crippen LogP contribution in [0, 0.1) is 0 Å². The summed E-state index contributed by atoms with van der Waals surface area (Å²) in [6.07, 6.45) is 1.56. The Morgan fingerprint density at radius 3 is 2.48 bits per heavy atom. The minimum Gasteiger partial charge on any atom is -0.491 e. The van der Waals surface area contributed by atoms with Gasteiger partial charge in [0.2, 0.25) is 0 Å². The zero-order valence-electron chi connectivity index (χ0n) is 16.2. The molecule has 144 valence electrons. The van der Waals surface area contributed by atoms with E-state index in [0.29, 0.717) is 11.5 Å². The van der Waals surface area contributed by atoms with Gasteiger partial charge in [-0.1, -0.05) is 6.92 Å². The molecule has 1 fully saturated rings. The lowest BCUT2D eigenvalue weighted by Gasteiger charge is -2.33. The Kier molecular flexibility index (Phi) is 6.24. The SMILES string of the molecule is CCN1CCN(C(=O)c2cc(Nc3ccc(OC(C)C)cc3)ncn2)CC1. The standard InChI is InChI=1S/C20H27N5O2/c1-4-24-9-11-25(12-10-24)20(26)18-13-19(22-14-21-18)23-16-5-7-17(8-6-16)27-15(2)3/h5-8,13-15H,4,9-12H2,1-3H3,(H,21,22,23). The van der Waals surface area contributed by atoms with Crippen molar-refractivity contribution in [2.45, 2.75) is 26.9 Å². The summed E-state index contributed by atoms with van der Waals surface area (Å²) in [5.41, 5.74) is 1.29. The number of piperazine rings is 1. The van der Waals surface area contributed by atoms with Crippen LogP contribution in [0.1, 0.15) is 31.3 Å². The second kappa shape index (κ2) is 8.81. The summed E-state index contributed by atoms with van der Waals surface area (Å²) in [7, 11) is 0. The Hall–Kier alpha value is -2.67. The van der Waals surface area contributed by atoms with Gasteiger partial charge in [0.25, 0.3) is 5.91 Å². The number of carbonyl (C=O) groups excluding carboxylic acids is 1. The molecule has 3 rings (SSSR count). The topological polar surface area (TPSA) is 70.6 Å². The number of carbonyl (C=O) groups is 1. The molecular formula is C20H27N5O2. The average Bonchev–Trinajstić information content (AvgIpc) is 2.69. The van der Waals surface area contributed by atoms with E-state index in [4.69, 9.17) is 4.74 Å². The highest BCUT2D eigenvalue weighted by Crippen LogP contribution is 2.20. The molecule has 0 unspecified atom stereocenters. The summed E-state index contributed by atoms with van der Waals surface area (Å²) in [5, 5.41) is 3.21. The minimum absolute atomic E-state index is 0.0446. The van der Waals surface area contributed by atoms with Gasteiger partial charge in [0.1, 0.15) is 23.6 Å². The highest BCUT2D eigenvalue weighted by Gasteiger charge is 2.22. The molecule has 0 aliphatic carbocycles. The molecule has 1 amide bonds. The van der Waals surface area contributed by atoms with Crippen molar-refractivity contribution in [3.05, 3.63) is 42.4 Å². The molecule has 7 nitrogen and oxygen atoms in total. The molecule has 0 saturated carbocycles. The molecule has 0 spiro atoms. The highest BCUT2D eigenvalue weighted by molar-refractivity contribution is 5.93. The third kappa shape index (κ3) is 5.17. The van der Waals surface area contributed by atoms with Crippen LogP contribution in [-0.4, -0.2) is 64.5 Å². The second-order valence-corrected chi connectivity index (χ2v) is 6.83. The molecule has 1 aliphatic heterocycles. The van der Waals surface area contributed by atoms with E-state index < -0.39 is 0 Å². The number of anilines is 2. The first-order valence-corrected chi connectivity index (χ1v) is 9.42. The predicted octanol–water partition coefficient (Wildman–Crippen LogP) is 2.79. The van der Waals surface area contributed by atoms with Crippen LogP contribution >= 0.6 is 0 Å². The summed E-state index contributed by atoms with van der Waals surface area (Å²) < 4.78 is 5.65. The van der Waals surface area contributed by atoms with E-state index in [1.807, 2.05) is 43.0 Å². The van der Waals surface area contributed by atoms with Crippen LogP contribution < -0.4 is 10.1 Å². The van der Waals surface area contributed by atoms with Gasteiger partial charge in [0, 0.05) is 37.9 Å². The molecule has 1 aromatic carbocycles. The van der Waals surface area contributed by atoms with Crippen LogP contribution in [0.5, 0.6) is 5.75 Å². The molecule has 0 atom stereocenters. The Balaban J connectivity index is 1.64. The number of nitrogens with zero attached hydrogens (tertiary/aromatic N) is 4. The van der Waals surface area contributed by atoms with Crippen LogP contribution in [0.4, 0.5) is 11.5 Å². The first-order chi connectivity index (χ1) is 13.0. The average molecular weight is 369 g/mol. The van der Waals surface area contributed by atoms with E-state index in [-0.39, 0.29) is 12.0 Å². The quantitative estimate of drug-likeness (QED) is 0.844. The zero-order valence-corrected chi connectivity index (χ0v) is 16.2. The van der Waals surface area contributed by atoms with Gasteiger partial charge in [-0.25, -0.2) is 9.97 Å². The monoisotopic (exact) mass is 369 g/mol. The van der Waals surface area contributed by atoms with Gasteiger partial charge < -0.3 is 19.9 Å². The van der Waals surface area contributed by atoms with E-state index in [1.165, 1.54) is 6.33 Å². The molecule has 1 saturated heterocycles. The fourth-order valence-corrected chi connectivity index (χ4v) is 3.01. The third-order valence-electron chi connectivity index (χ3n) is 4.49. The van der Waals surface area contributed by atoms with Crippen molar-refractivity contribution < 1.29 is 9.53 Å². The molecule has 1 aromatic heterocycles.